The third-order valence-corrected chi connectivity index (χ3v) is 7.32. The van der Waals surface area contributed by atoms with Gasteiger partial charge in [0, 0.05) is 14.2 Å². The first-order valence-corrected chi connectivity index (χ1v) is 15.4. The highest BCUT2D eigenvalue weighted by molar-refractivity contribution is 4.40. The lowest BCUT2D eigenvalue weighted by Gasteiger charge is -2.31. The highest BCUT2D eigenvalue weighted by Crippen LogP contribution is 2.01. The summed E-state index contributed by atoms with van der Waals surface area (Å²) in [4.78, 5) is 0. The molecule has 0 unspecified atom stereocenters. The summed E-state index contributed by atoms with van der Waals surface area (Å²) in [5.74, 6) is 0. The van der Waals surface area contributed by atoms with Gasteiger partial charge in [0.15, 0.2) is 0 Å². The fourth-order valence-electron chi connectivity index (χ4n) is 3.53. The molecule has 0 rings (SSSR count). The van der Waals surface area contributed by atoms with Crippen LogP contribution in [0.3, 0.4) is 0 Å². The second-order valence-corrected chi connectivity index (χ2v) is 13.4. The Hall–Kier alpha value is 0.680. The Balaban J connectivity index is -0.000000162. The smallest absolute Gasteiger partial charge is 0.102 e. The predicted molar refractivity (Wildman–Crippen MR) is 169 cm³/mol. The predicted octanol–water partition coefficient (Wildman–Crippen LogP) is -12.4. The molecule has 0 heterocycles. The molecular weight excluding hydrogens is 686 g/mol. The summed E-state index contributed by atoms with van der Waals surface area (Å²) in [6, 6.07) is 0. The SMILES string of the molecule is COCC[N+](C)(C)CCOCC[N+](C)(C)CCOC.C[N+](C)(CCOCCO)CCOCC[N+](C)(C)CCOCCO.[Cl-].[Cl-].[Cl-].[Cl-]. The molecule has 46 heavy (non-hydrogen) atoms. The van der Waals surface area contributed by atoms with Crippen molar-refractivity contribution < 1.29 is 106 Å². The van der Waals surface area contributed by atoms with Crippen LogP contribution in [0.5, 0.6) is 0 Å². The van der Waals surface area contributed by atoms with E-state index in [0.717, 1.165) is 110 Å². The standard InChI is InChI=1S/C16H38N2O5.C14H34N2O3.4ClH/c1-17(2,7-13-22-15-9-19)5-11-21-12-6-18(3,4)8-14-23-16-10-20;1-15(2,7-11-17-5)9-13-19-14-10-16(3,4)8-12-18-6;;;;/h19-20H,5-16H2,1-4H3;7-14H2,1-6H3;4*1H/q2*+2;;;;/p-4. The number of likely N-dealkylation sites (N-methyl/N-ethyl adjacent to an activating group) is 4. The minimum Gasteiger partial charge on any atom is -1.00 e. The average molecular weight is 759 g/mol. The maximum atomic E-state index is 8.67. The minimum atomic E-state index is 0. The van der Waals surface area contributed by atoms with E-state index < -0.39 is 0 Å². The van der Waals surface area contributed by atoms with Gasteiger partial charge in [0.1, 0.15) is 52.4 Å². The molecule has 0 aliphatic heterocycles. The first-order chi connectivity index (χ1) is 19.7. The average Bonchev–Trinajstić information content (AvgIpc) is 2.91. The third kappa shape index (κ3) is 42.7. The van der Waals surface area contributed by atoms with Crippen molar-refractivity contribution in [2.24, 2.45) is 0 Å². The van der Waals surface area contributed by atoms with Gasteiger partial charge in [0.05, 0.1) is 136 Å². The summed E-state index contributed by atoms with van der Waals surface area (Å²) >= 11 is 0. The number of hydrogen-bond donors (Lipinski definition) is 2. The molecule has 0 aromatic heterocycles. The number of aliphatic hydroxyl groups is 2. The van der Waals surface area contributed by atoms with E-state index in [1.165, 1.54) is 0 Å². The molecule has 0 aromatic rings. The lowest BCUT2D eigenvalue weighted by molar-refractivity contribution is -0.894. The van der Waals surface area contributed by atoms with Crippen molar-refractivity contribution >= 4 is 0 Å². The lowest BCUT2D eigenvalue weighted by atomic mass is 10.4. The first-order valence-electron chi connectivity index (χ1n) is 15.4. The van der Waals surface area contributed by atoms with Crippen LogP contribution in [0.1, 0.15) is 0 Å². The Labute approximate surface area is 307 Å². The lowest BCUT2D eigenvalue weighted by Crippen LogP contribution is -3.00. The van der Waals surface area contributed by atoms with Crippen molar-refractivity contribution in [3.63, 3.8) is 0 Å². The van der Waals surface area contributed by atoms with Gasteiger partial charge in [-0.25, -0.2) is 0 Å². The summed E-state index contributed by atoms with van der Waals surface area (Å²) in [5.41, 5.74) is 0. The molecule has 0 spiro atoms. The maximum absolute atomic E-state index is 8.67. The summed E-state index contributed by atoms with van der Waals surface area (Å²) in [5, 5.41) is 17.3. The summed E-state index contributed by atoms with van der Waals surface area (Å²) in [6.45, 7) is 14.8. The highest BCUT2D eigenvalue weighted by Gasteiger charge is 2.18. The van der Waals surface area contributed by atoms with Crippen LogP contribution in [0, 0.1) is 0 Å². The fraction of sp³-hybridized carbons (Fsp3) is 1.00. The molecule has 0 saturated carbocycles. The normalized spacial score (nSPS) is 11.7. The first kappa shape index (κ1) is 58.9. The van der Waals surface area contributed by atoms with Crippen LogP contribution >= 0.6 is 0 Å². The molecule has 0 aliphatic carbocycles. The number of methoxy groups -OCH3 is 2. The van der Waals surface area contributed by atoms with E-state index in [9.17, 15) is 0 Å². The molecule has 0 aliphatic rings. The number of aliphatic hydroxyl groups excluding tert-OH is 2. The Morgan fingerprint density at radius 2 is 0.500 bits per heavy atom. The van der Waals surface area contributed by atoms with E-state index in [4.69, 9.17) is 38.6 Å². The van der Waals surface area contributed by atoms with Crippen molar-refractivity contribution in [1.82, 2.24) is 0 Å². The molecule has 0 saturated heterocycles. The number of hydrogen-bond acceptors (Lipinski definition) is 8. The molecule has 0 bridgehead atoms. The van der Waals surface area contributed by atoms with Gasteiger partial charge in [0.25, 0.3) is 0 Å². The van der Waals surface area contributed by atoms with E-state index in [0.29, 0.717) is 26.4 Å². The van der Waals surface area contributed by atoms with Crippen LogP contribution in [0.25, 0.3) is 0 Å². The number of rotatable bonds is 28. The van der Waals surface area contributed by atoms with Crippen LogP contribution in [0.2, 0.25) is 0 Å². The number of quaternary nitrogens is 4. The Kier molecular flexibility index (Phi) is 45.4. The van der Waals surface area contributed by atoms with Gasteiger partial charge in [-0.15, -0.1) is 0 Å². The van der Waals surface area contributed by atoms with Crippen LogP contribution in [-0.2, 0) is 28.4 Å². The van der Waals surface area contributed by atoms with E-state index in [2.05, 4.69) is 56.4 Å². The quantitative estimate of drug-likeness (QED) is 0.0601. The van der Waals surface area contributed by atoms with Gasteiger partial charge in [-0.2, -0.15) is 0 Å². The summed E-state index contributed by atoms with van der Waals surface area (Å²) in [6.07, 6.45) is 0. The van der Waals surface area contributed by atoms with Crippen molar-refractivity contribution in [3.8, 4) is 0 Å². The Morgan fingerprint density at radius 3 is 0.674 bits per heavy atom. The summed E-state index contributed by atoms with van der Waals surface area (Å²) in [7, 11) is 21.0. The van der Waals surface area contributed by atoms with Gasteiger partial charge >= 0.3 is 0 Å². The van der Waals surface area contributed by atoms with Gasteiger partial charge in [-0.3, -0.25) is 0 Å². The fourth-order valence-corrected chi connectivity index (χ4v) is 3.53. The molecule has 0 atom stereocenters. The number of halogens is 4. The number of nitrogens with zero attached hydrogens (tertiary/aromatic N) is 4. The van der Waals surface area contributed by atoms with Crippen molar-refractivity contribution in [2.45, 2.75) is 0 Å². The van der Waals surface area contributed by atoms with Crippen LogP contribution < -0.4 is 49.6 Å². The van der Waals surface area contributed by atoms with Crippen molar-refractivity contribution in [2.75, 3.05) is 202 Å². The van der Waals surface area contributed by atoms with E-state index in [-0.39, 0.29) is 62.8 Å². The van der Waals surface area contributed by atoms with Gasteiger partial charge in [-0.05, 0) is 0 Å². The third-order valence-electron chi connectivity index (χ3n) is 7.32. The largest absolute Gasteiger partial charge is 1.00 e. The van der Waals surface area contributed by atoms with Gasteiger partial charge in [0.2, 0.25) is 0 Å². The van der Waals surface area contributed by atoms with Crippen LogP contribution in [0.15, 0.2) is 0 Å². The van der Waals surface area contributed by atoms with E-state index >= 15 is 0 Å². The molecule has 16 heteroatoms. The van der Waals surface area contributed by atoms with E-state index in [1.807, 2.05) is 0 Å². The van der Waals surface area contributed by atoms with Crippen LogP contribution in [0.4, 0.5) is 0 Å². The molecule has 0 aromatic carbocycles. The van der Waals surface area contributed by atoms with Gasteiger partial charge < -0.3 is 106 Å². The topological polar surface area (TPSA) is 95.8 Å². The molecule has 0 fully saturated rings. The second-order valence-electron chi connectivity index (χ2n) is 13.4. The summed E-state index contributed by atoms with van der Waals surface area (Å²) < 4.78 is 35.9. The van der Waals surface area contributed by atoms with Gasteiger partial charge in [-0.1, -0.05) is 0 Å². The zero-order chi connectivity index (χ0) is 32.4. The van der Waals surface area contributed by atoms with Crippen LogP contribution in [-0.4, -0.2) is 230 Å². The zero-order valence-electron chi connectivity index (χ0n) is 30.8. The molecule has 0 radical (unpaired) electrons. The number of ether oxygens (including phenoxy) is 6. The van der Waals surface area contributed by atoms with Crippen molar-refractivity contribution in [3.05, 3.63) is 0 Å². The molecule has 12 nitrogen and oxygen atoms in total. The monoisotopic (exact) mass is 756 g/mol. The van der Waals surface area contributed by atoms with Crippen molar-refractivity contribution in [1.29, 1.82) is 0 Å². The second kappa shape index (κ2) is 35.5. The highest BCUT2D eigenvalue weighted by atomic mass is 35.5. The maximum Gasteiger partial charge on any atom is 0.102 e. The van der Waals surface area contributed by atoms with E-state index in [1.54, 1.807) is 14.2 Å². The molecule has 288 valence electrons. The molecular formula is C30H72Cl4N4O8. The zero-order valence-corrected chi connectivity index (χ0v) is 33.8. The molecule has 2 N–H and O–H groups in total. The Bertz CT molecular complexity index is 567. The minimum absolute atomic E-state index is 0. The molecule has 0 amide bonds. The Morgan fingerprint density at radius 1 is 0.326 bits per heavy atom.